The fraction of sp³-hybridized carbons (Fsp3) is 0.667. The van der Waals surface area contributed by atoms with E-state index in [-0.39, 0.29) is 0 Å². The summed E-state index contributed by atoms with van der Waals surface area (Å²) in [5.74, 6) is 0.899. The molecule has 1 unspecified atom stereocenters. The van der Waals surface area contributed by atoms with Crippen LogP contribution in [0.15, 0.2) is 15.9 Å². The first-order chi connectivity index (χ1) is 7.29. The minimum atomic E-state index is 0.679. The second-order valence-electron chi connectivity index (χ2n) is 4.35. The Morgan fingerprint density at radius 3 is 2.73 bits per heavy atom. The number of hydrogen-bond donors (Lipinski definition) is 1. The Hall–Kier alpha value is 0.140. The molecule has 84 valence electrons. The molecule has 0 aromatic carbocycles. The molecule has 1 saturated carbocycles. The minimum absolute atomic E-state index is 0.679. The van der Waals surface area contributed by atoms with Crippen molar-refractivity contribution in [1.82, 2.24) is 5.32 Å². The van der Waals surface area contributed by atoms with Gasteiger partial charge in [0, 0.05) is 10.9 Å². The van der Waals surface area contributed by atoms with Gasteiger partial charge in [0.15, 0.2) is 0 Å². The van der Waals surface area contributed by atoms with E-state index in [2.05, 4.69) is 40.4 Å². The standard InChI is InChI=1S/C12H18BrNS/c1-14-11(9-4-2-3-5-9)8-10-6-7-12(13)15-10/h6-7,9,11,14H,2-5,8H2,1H3. The summed E-state index contributed by atoms with van der Waals surface area (Å²) in [7, 11) is 2.10. The lowest BCUT2D eigenvalue weighted by molar-refractivity contribution is 0.379. The summed E-state index contributed by atoms with van der Waals surface area (Å²) in [5.41, 5.74) is 0. The highest BCUT2D eigenvalue weighted by atomic mass is 79.9. The maximum atomic E-state index is 3.53. The fourth-order valence-electron chi connectivity index (χ4n) is 2.54. The molecule has 1 aliphatic rings. The molecule has 0 saturated heterocycles. The number of hydrogen-bond acceptors (Lipinski definition) is 2. The molecular formula is C12H18BrNS. The van der Waals surface area contributed by atoms with Crippen LogP contribution in [0.5, 0.6) is 0 Å². The van der Waals surface area contributed by atoms with Crippen molar-refractivity contribution < 1.29 is 0 Å². The summed E-state index contributed by atoms with van der Waals surface area (Å²) in [4.78, 5) is 1.49. The van der Waals surface area contributed by atoms with Gasteiger partial charge in [0.05, 0.1) is 3.79 Å². The Bertz CT molecular complexity index is 304. The predicted molar refractivity (Wildman–Crippen MR) is 70.5 cm³/mol. The first kappa shape index (κ1) is 11.6. The summed E-state index contributed by atoms with van der Waals surface area (Å²) in [6, 6.07) is 5.08. The van der Waals surface area contributed by atoms with Gasteiger partial charge in [0.2, 0.25) is 0 Å². The van der Waals surface area contributed by atoms with Gasteiger partial charge in [-0.25, -0.2) is 0 Å². The highest BCUT2D eigenvalue weighted by Gasteiger charge is 2.24. The lowest BCUT2D eigenvalue weighted by Crippen LogP contribution is -2.34. The molecular weight excluding hydrogens is 270 g/mol. The molecule has 1 heterocycles. The van der Waals surface area contributed by atoms with Gasteiger partial charge in [-0.2, -0.15) is 0 Å². The van der Waals surface area contributed by atoms with Crippen molar-refractivity contribution in [2.75, 3.05) is 7.05 Å². The van der Waals surface area contributed by atoms with Gasteiger partial charge in [0.1, 0.15) is 0 Å². The Morgan fingerprint density at radius 1 is 1.47 bits per heavy atom. The number of halogens is 1. The minimum Gasteiger partial charge on any atom is -0.316 e. The number of likely N-dealkylation sites (N-methyl/N-ethyl adjacent to an activating group) is 1. The molecule has 1 nitrogen and oxygen atoms in total. The largest absolute Gasteiger partial charge is 0.316 e. The van der Waals surface area contributed by atoms with Crippen LogP contribution in [0.2, 0.25) is 0 Å². The molecule has 3 heteroatoms. The summed E-state index contributed by atoms with van der Waals surface area (Å²) in [6.45, 7) is 0. The van der Waals surface area contributed by atoms with Crippen molar-refractivity contribution in [1.29, 1.82) is 0 Å². The van der Waals surface area contributed by atoms with Gasteiger partial charge < -0.3 is 5.32 Å². The quantitative estimate of drug-likeness (QED) is 0.888. The zero-order chi connectivity index (χ0) is 10.7. The second kappa shape index (κ2) is 5.46. The lowest BCUT2D eigenvalue weighted by Gasteiger charge is -2.22. The van der Waals surface area contributed by atoms with Crippen molar-refractivity contribution in [3.05, 3.63) is 20.8 Å². The summed E-state index contributed by atoms with van der Waals surface area (Å²) >= 11 is 5.39. The average Bonchev–Trinajstić information content (AvgIpc) is 2.85. The molecule has 1 aromatic heterocycles. The van der Waals surface area contributed by atoms with Crippen molar-refractivity contribution in [3.63, 3.8) is 0 Å². The van der Waals surface area contributed by atoms with E-state index in [4.69, 9.17) is 0 Å². The number of rotatable bonds is 4. The van der Waals surface area contributed by atoms with Crippen molar-refractivity contribution in [2.45, 2.75) is 38.1 Å². The van der Waals surface area contributed by atoms with Gasteiger partial charge >= 0.3 is 0 Å². The molecule has 1 atom stereocenters. The third kappa shape index (κ3) is 3.05. The Labute approximate surface area is 104 Å². The molecule has 0 spiro atoms. The number of nitrogens with one attached hydrogen (secondary N) is 1. The predicted octanol–water partition coefficient (Wildman–Crippen LogP) is 3.83. The monoisotopic (exact) mass is 287 g/mol. The Balaban J connectivity index is 1.95. The van der Waals surface area contributed by atoms with E-state index in [0.717, 1.165) is 5.92 Å². The van der Waals surface area contributed by atoms with Crippen LogP contribution in [0.4, 0.5) is 0 Å². The van der Waals surface area contributed by atoms with Gasteiger partial charge in [-0.1, -0.05) is 12.8 Å². The van der Waals surface area contributed by atoms with Crippen LogP contribution in [0, 0.1) is 5.92 Å². The summed E-state index contributed by atoms with van der Waals surface area (Å²) in [6.07, 6.45) is 6.88. The summed E-state index contributed by atoms with van der Waals surface area (Å²) in [5, 5.41) is 3.49. The van der Waals surface area contributed by atoms with Crippen LogP contribution in [0.3, 0.4) is 0 Å². The lowest BCUT2D eigenvalue weighted by atomic mass is 9.95. The first-order valence-electron chi connectivity index (χ1n) is 5.71. The smallest absolute Gasteiger partial charge is 0.0701 e. The molecule has 1 aliphatic carbocycles. The highest BCUT2D eigenvalue weighted by molar-refractivity contribution is 9.11. The molecule has 1 aromatic rings. The van der Waals surface area contributed by atoms with Crippen molar-refractivity contribution in [3.8, 4) is 0 Å². The molecule has 15 heavy (non-hydrogen) atoms. The third-order valence-corrected chi connectivity index (χ3v) is 5.04. The molecule has 0 aliphatic heterocycles. The first-order valence-corrected chi connectivity index (χ1v) is 7.32. The molecule has 1 N–H and O–H groups in total. The fourth-order valence-corrected chi connectivity index (χ4v) is 4.08. The van der Waals surface area contributed by atoms with Crippen LogP contribution >= 0.6 is 27.3 Å². The van der Waals surface area contributed by atoms with Gasteiger partial charge in [-0.15, -0.1) is 11.3 Å². The van der Waals surface area contributed by atoms with E-state index < -0.39 is 0 Å². The highest BCUT2D eigenvalue weighted by Crippen LogP contribution is 2.31. The van der Waals surface area contributed by atoms with E-state index in [1.165, 1.54) is 40.8 Å². The molecule has 0 amide bonds. The topological polar surface area (TPSA) is 12.0 Å². The molecule has 0 bridgehead atoms. The Kier molecular flexibility index (Phi) is 4.23. The maximum Gasteiger partial charge on any atom is 0.0701 e. The molecule has 2 rings (SSSR count). The van der Waals surface area contributed by atoms with Gasteiger partial charge in [-0.3, -0.25) is 0 Å². The zero-order valence-electron chi connectivity index (χ0n) is 9.13. The van der Waals surface area contributed by atoms with Crippen molar-refractivity contribution in [2.24, 2.45) is 5.92 Å². The van der Waals surface area contributed by atoms with E-state index in [1.807, 2.05) is 11.3 Å². The SMILES string of the molecule is CNC(Cc1ccc(Br)s1)C1CCCC1. The van der Waals surface area contributed by atoms with E-state index in [1.54, 1.807) is 0 Å². The van der Waals surface area contributed by atoms with Gasteiger partial charge in [0.25, 0.3) is 0 Å². The number of thiophene rings is 1. The molecule has 0 radical (unpaired) electrons. The van der Waals surface area contributed by atoms with Gasteiger partial charge in [-0.05, 0) is 60.3 Å². The maximum absolute atomic E-state index is 3.53. The van der Waals surface area contributed by atoms with Crippen LogP contribution in [0.25, 0.3) is 0 Å². The zero-order valence-corrected chi connectivity index (χ0v) is 11.5. The van der Waals surface area contributed by atoms with E-state index in [0.29, 0.717) is 6.04 Å². The second-order valence-corrected chi connectivity index (χ2v) is 6.90. The molecule has 1 fully saturated rings. The van der Waals surface area contributed by atoms with Crippen molar-refractivity contribution >= 4 is 27.3 Å². The normalized spacial score (nSPS) is 19.6. The van der Waals surface area contributed by atoms with Crippen LogP contribution in [0.1, 0.15) is 30.6 Å². The summed E-state index contributed by atoms with van der Waals surface area (Å²) < 4.78 is 1.25. The third-order valence-electron chi connectivity index (χ3n) is 3.39. The van der Waals surface area contributed by atoms with Crippen LogP contribution in [-0.2, 0) is 6.42 Å². The van der Waals surface area contributed by atoms with E-state index >= 15 is 0 Å². The van der Waals surface area contributed by atoms with E-state index in [9.17, 15) is 0 Å². The Morgan fingerprint density at radius 2 is 2.20 bits per heavy atom. The van der Waals surface area contributed by atoms with Crippen LogP contribution < -0.4 is 5.32 Å². The average molecular weight is 288 g/mol. The van der Waals surface area contributed by atoms with Crippen LogP contribution in [-0.4, -0.2) is 13.1 Å².